The van der Waals surface area contributed by atoms with Crippen LogP contribution in [0, 0.1) is 11.6 Å². The summed E-state index contributed by atoms with van der Waals surface area (Å²) in [6.45, 7) is 2.08. The van der Waals surface area contributed by atoms with Gasteiger partial charge >= 0.3 is 0 Å². The fraction of sp³-hybridized carbons (Fsp3) is 0.286. The van der Waals surface area contributed by atoms with E-state index >= 15 is 0 Å². The molecule has 3 rings (SSSR count). The zero-order chi connectivity index (χ0) is 15.1. The molecule has 7 heteroatoms. The highest BCUT2D eigenvalue weighted by Gasteiger charge is 2.18. The smallest absolute Gasteiger partial charge is 0.202 e. The van der Waals surface area contributed by atoms with Crippen LogP contribution in [0.1, 0.15) is 18.2 Å². The monoisotopic (exact) mass is 291 g/mol. The Labute approximate surface area is 120 Å². The molecule has 2 heterocycles. The number of rotatable bonds is 3. The summed E-state index contributed by atoms with van der Waals surface area (Å²) in [5.41, 5.74) is 8.38. The Bertz CT molecular complexity index is 818. The van der Waals surface area contributed by atoms with Crippen molar-refractivity contribution in [3.8, 4) is 0 Å². The number of anilines is 1. The molecule has 0 aliphatic carbocycles. The number of nitrogens with zero attached hydrogens (tertiary/aromatic N) is 4. The lowest BCUT2D eigenvalue weighted by atomic mass is 10.2. The highest BCUT2D eigenvalue weighted by atomic mass is 19.1. The van der Waals surface area contributed by atoms with Gasteiger partial charge < -0.3 is 5.73 Å². The maximum atomic E-state index is 13.8. The second-order valence-electron chi connectivity index (χ2n) is 4.89. The van der Waals surface area contributed by atoms with Crippen LogP contribution >= 0.6 is 0 Å². The van der Waals surface area contributed by atoms with Gasteiger partial charge in [-0.15, -0.1) is 0 Å². The molecule has 2 N–H and O–H groups in total. The van der Waals surface area contributed by atoms with Crippen molar-refractivity contribution in [2.75, 3.05) is 5.73 Å². The molecule has 0 spiro atoms. The number of hydrogen-bond acceptors (Lipinski definition) is 3. The zero-order valence-electron chi connectivity index (χ0n) is 11.8. The largest absolute Gasteiger partial charge is 0.369 e. The van der Waals surface area contributed by atoms with Gasteiger partial charge in [0.2, 0.25) is 5.95 Å². The average Bonchev–Trinajstić information content (AvgIpc) is 2.92. The quantitative estimate of drug-likeness (QED) is 0.805. The Morgan fingerprint density at radius 3 is 2.76 bits per heavy atom. The number of nitrogen functional groups attached to an aromatic ring is 1. The number of aromatic nitrogens is 4. The lowest BCUT2D eigenvalue weighted by Gasteiger charge is -2.08. The van der Waals surface area contributed by atoms with Crippen LogP contribution in [0.2, 0.25) is 0 Å². The maximum absolute atomic E-state index is 13.8. The molecule has 0 aliphatic rings. The minimum atomic E-state index is -0.486. The summed E-state index contributed by atoms with van der Waals surface area (Å²) >= 11 is 0. The second kappa shape index (κ2) is 4.83. The Morgan fingerprint density at radius 1 is 1.29 bits per heavy atom. The summed E-state index contributed by atoms with van der Waals surface area (Å²) in [6, 6.07) is 3.36. The molecule has 0 saturated carbocycles. The molecule has 1 aromatic carbocycles. The molecule has 0 fully saturated rings. The zero-order valence-corrected chi connectivity index (χ0v) is 11.8. The van der Waals surface area contributed by atoms with E-state index in [4.69, 9.17) is 5.73 Å². The van der Waals surface area contributed by atoms with Crippen molar-refractivity contribution in [3.05, 3.63) is 41.1 Å². The molecule has 21 heavy (non-hydrogen) atoms. The Balaban J connectivity index is 2.14. The molecule has 5 nitrogen and oxygen atoms in total. The van der Waals surface area contributed by atoms with Crippen molar-refractivity contribution >= 4 is 17.1 Å². The van der Waals surface area contributed by atoms with E-state index in [9.17, 15) is 8.78 Å². The van der Waals surface area contributed by atoms with Crippen molar-refractivity contribution in [1.29, 1.82) is 0 Å². The lowest BCUT2D eigenvalue weighted by molar-refractivity contribution is 0.577. The van der Waals surface area contributed by atoms with Gasteiger partial charge in [-0.2, -0.15) is 5.10 Å². The molecule has 0 bridgehead atoms. The van der Waals surface area contributed by atoms with Gasteiger partial charge in [0, 0.05) is 12.6 Å². The molecule has 0 aliphatic heterocycles. The molecule has 0 saturated heterocycles. The normalized spacial score (nSPS) is 11.4. The molecular weight excluding hydrogens is 276 g/mol. The van der Waals surface area contributed by atoms with Crippen molar-refractivity contribution < 1.29 is 8.78 Å². The predicted octanol–water partition coefficient (Wildman–Crippen LogP) is 2.24. The van der Waals surface area contributed by atoms with Crippen molar-refractivity contribution in [2.24, 2.45) is 7.05 Å². The number of hydrogen-bond donors (Lipinski definition) is 1. The highest BCUT2D eigenvalue weighted by Crippen LogP contribution is 2.23. The minimum Gasteiger partial charge on any atom is -0.369 e. The van der Waals surface area contributed by atoms with Crippen LogP contribution in [-0.2, 0) is 20.0 Å². The minimum absolute atomic E-state index is 0.106. The molecular formula is C14H15F2N5. The van der Waals surface area contributed by atoms with E-state index in [1.54, 1.807) is 16.3 Å². The summed E-state index contributed by atoms with van der Waals surface area (Å²) < 4.78 is 30.4. The van der Waals surface area contributed by atoms with Crippen LogP contribution in [0.4, 0.5) is 14.7 Å². The summed E-state index contributed by atoms with van der Waals surface area (Å²) in [6.07, 6.45) is 0.724. The van der Waals surface area contributed by atoms with Crippen molar-refractivity contribution in [3.63, 3.8) is 0 Å². The van der Waals surface area contributed by atoms with Crippen LogP contribution in [0.3, 0.4) is 0 Å². The van der Waals surface area contributed by atoms with E-state index in [0.29, 0.717) is 11.2 Å². The fourth-order valence-electron chi connectivity index (χ4n) is 2.49. The summed E-state index contributed by atoms with van der Waals surface area (Å²) in [5.74, 6) is -0.701. The van der Waals surface area contributed by atoms with E-state index < -0.39 is 11.6 Å². The van der Waals surface area contributed by atoms with Crippen LogP contribution < -0.4 is 5.73 Å². The third kappa shape index (κ3) is 2.14. The number of halogens is 2. The maximum Gasteiger partial charge on any atom is 0.202 e. The van der Waals surface area contributed by atoms with Crippen molar-refractivity contribution in [2.45, 2.75) is 19.9 Å². The number of benzene rings is 1. The van der Waals surface area contributed by atoms with Gasteiger partial charge in [0.15, 0.2) is 5.65 Å². The average molecular weight is 291 g/mol. The van der Waals surface area contributed by atoms with Gasteiger partial charge in [-0.1, -0.05) is 6.92 Å². The lowest BCUT2D eigenvalue weighted by Crippen LogP contribution is -2.09. The van der Waals surface area contributed by atoms with Gasteiger partial charge in [-0.3, -0.25) is 9.25 Å². The molecule has 0 atom stereocenters. The van der Waals surface area contributed by atoms with Gasteiger partial charge in [-0.25, -0.2) is 13.8 Å². The first-order chi connectivity index (χ1) is 10.0. The highest BCUT2D eigenvalue weighted by molar-refractivity contribution is 5.77. The number of fused-ring (bicyclic) bond motifs is 1. The summed E-state index contributed by atoms with van der Waals surface area (Å²) in [4.78, 5) is 4.29. The third-order valence-corrected chi connectivity index (χ3v) is 3.49. The van der Waals surface area contributed by atoms with E-state index in [2.05, 4.69) is 10.1 Å². The SMILES string of the molecule is CCc1nn(C)c2c1nc(N)n2Cc1cc(F)ccc1F. The second-order valence-corrected chi connectivity index (χ2v) is 4.89. The molecule has 110 valence electrons. The Hall–Kier alpha value is -2.44. The first-order valence-corrected chi connectivity index (χ1v) is 6.62. The topological polar surface area (TPSA) is 61.7 Å². The molecule has 0 unspecified atom stereocenters. The van der Waals surface area contributed by atoms with E-state index in [0.717, 1.165) is 30.3 Å². The van der Waals surface area contributed by atoms with Gasteiger partial charge in [0.05, 0.1) is 12.2 Å². The number of nitrogens with two attached hydrogens (primary N) is 1. The summed E-state index contributed by atoms with van der Waals surface area (Å²) in [7, 11) is 1.78. The molecule has 2 aromatic heterocycles. The fourth-order valence-corrected chi connectivity index (χ4v) is 2.49. The first kappa shape index (κ1) is 13.5. The molecule has 0 amide bonds. The number of aryl methyl sites for hydroxylation is 2. The van der Waals surface area contributed by atoms with Crippen LogP contribution in [0.5, 0.6) is 0 Å². The van der Waals surface area contributed by atoms with E-state index in [1.165, 1.54) is 0 Å². The first-order valence-electron chi connectivity index (χ1n) is 6.62. The van der Waals surface area contributed by atoms with Crippen LogP contribution in [0.15, 0.2) is 18.2 Å². The van der Waals surface area contributed by atoms with Crippen LogP contribution in [-0.4, -0.2) is 19.3 Å². The van der Waals surface area contributed by atoms with Crippen LogP contribution in [0.25, 0.3) is 11.2 Å². The Morgan fingerprint density at radius 2 is 2.05 bits per heavy atom. The standard InChI is InChI=1S/C14H15F2N5/c1-3-11-12-13(20(2)19-11)21(14(17)18-12)7-8-6-9(15)4-5-10(8)16/h4-6H,3,7H2,1-2H3,(H2,17,18). The van der Waals surface area contributed by atoms with Crippen molar-refractivity contribution in [1.82, 2.24) is 19.3 Å². The van der Waals surface area contributed by atoms with E-state index in [-0.39, 0.29) is 18.1 Å². The number of imidazole rings is 1. The van der Waals surface area contributed by atoms with Gasteiger partial charge in [0.1, 0.15) is 17.2 Å². The predicted molar refractivity (Wildman–Crippen MR) is 75.7 cm³/mol. The van der Waals surface area contributed by atoms with E-state index in [1.807, 2.05) is 6.92 Å². The molecule has 0 radical (unpaired) electrons. The Kier molecular flexibility index (Phi) is 3.12. The van der Waals surface area contributed by atoms with Gasteiger partial charge in [-0.05, 0) is 24.6 Å². The molecule has 3 aromatic rings. The summed E-state index contributed by atoms with van der Waals surface area (Å²) in [5, 5.41) is 4.36. The van der Waals surface area contributed by atoms with Gasteiger partial charge in [0.25, 0.3) is 0 Å². The third-order valence-electron chi connectivity index (χ3n) is 3.49.